The van der Waals surface area contributed by atoms with E-state index < -0.39 is 23.5 Å². The monoisotopic (exact) mass is 343 g/mol. The van der Waals surface area contributed by atoms with E-state index >= 15 is 0 Å². The zero-order valence-corrected chi connectivity index (χ0v) is 12.3. The van der Waals surface area contributed by atoms with Crippen molar-refractivity contribution in [2.45, 2.75) is 13.0 Å². The average molecular weight is 344 g/mol. The molecule has 0 aliphatic rings. The standard InChI is InChI=1S/C15H13BrF3N/c1-2-20-15(9-6-7-11(17)10(16)8-9)14-12(18)4-3-5-13(14)19/h3-8,15,20H,2H2,1H3. The third-order valence-corrected chi connectivity index (χ3v) is 3.58. The summed E-state index contributed by atoms with van der Waals surface area (Å²) in [4.78, 5) is 0. The van der Waals surface area contributed by atoms with Crippen molar-refractivity contribution in [1.82, 2.24) is 5.32 Å². The number of rotatable bonds is 4. The quantitative estimate of drug-likeness (QED) is 0.857. The first-order chi connectivity index (χ1) is 9.54. The highest BCUT2D eigenvalue weighted by Crippen LogP contribution is 2.29. The average Bonchev–Trinajstić information content (AvgIpc) is 2.41. The predicted molar refractivity (Wildman–Crippen MR) is 76.0 cm³/mol. The summed E-state index contributed by atoms with van der Waals surface area (Å²) in [5.74, 6) is -1.68. The molecule has 1 unspecified atom stereocenters. The highest BCUT2D eigenvalue weighted by Gasteiger charge is 2.21. The van der Waals surface area contributed by atoms with Crippen molar-refractivity contribution < 1.29 is 13.2 Å². The minimum atomic E-state index is -0.668. The minimum absolute atomic E-state index is 0.0622. The van der Waals surface area contributed by atoms with Crippen LogP contribution in [0.25, 0.3) is 0 Å². The zero-order valence-electron chi connectivity index (χ0n) is 10.8. The van der Waals surface area contributed by atoms with Crippen LogP contribution in [0.4, 0.5) is 13.2 Å². The van der Waals surface area contributed by atoms with E-state index in [0.717, 1.165) is 0 Å². The molecule has 0 aliphatic heterocycles. The topological polar surface area (TPSA) is 12.0 Å². The Balaban J connectivity index is 2.53. The Bertz CT molecular complexity index is 596. The molecule has 0 saturated heterocycles. The van der Waals surface area contributed by atoms with Crippen molar-refractivity contribution in [2.75, 3.05) is 6.54 Å². The van der Waals surface area contributed by atoms with Gasteiger partial charge < -0.3 is 5.32 Å². The van der Waals surface area contributed by atoms with Crippen molar-refractivity contribution in [3.8, 4) is 0 Å². The van der Waals surface area contributed by atoms with Gasteiger partial charge in [0.1, 0.15) is 17.5 Å². The summed E-state index contributed by atoms with van der Waals surface area (Å²) in [7, 11) is 0. The van der Waals surface area contributed by atoms with Gasteiger partial charge in [-0.05, 0) is 52.3 Å². The fourth-order valence-electron chi connectivity index (χ4n) is 2.07. The van der Waals surface area contributed by atoms with Gasteiger partial charge in [-0.2, -0.15) is 0 Å². The van der Waals surface area contributed by atoms with Crippen molar-refractivity contribution in [3.63, 3.8) is 0 Å². The first kappa shape index (κ1) is 15.1. The second kappa shape index (κ2) is 6.41. The summed E-state index contributed by atoms with van der Waals surface area (Å²) in [6, 6.07) is 7.37. The lowest BCUT2D eigenvalue weighted by Crippen LogP contribution is -2.24. The molecule has 5 heteroatoms. The van der Waals surface area contributed by atoms with Crippen LogP contribution >= 0.6 is 15.9 Å². The molecular formula is C15H13BrF3N. The van der Waals surface area contributed by atoms with Gasteiger partial charge in [-0.1, -0.05) is 19.1 Å². The Morgan fingerprint density at radius 2 is 1.70 bits per heavy atom. The molecule has 20 heavy (non-hydrogen) atoms. The van der Waals surface area contributed by atoms with Crippen molar-refractivity contribution in [2.24, 2.45) is 0 Å². The largest absolute Gasteiger partial charge is 0.306 e. The highest BCUT2D eigenvalue weighted by atomic mass is 79.9. The Morgan fingerprint density at radius 3 is 2.25 bits per heavy atom. The molecule has 0 aliphatic carbocycles. The Kier molecular flexibility index (Phi) is 4.83. The van der Waals surface area contributed by atoms with E-state index in [1.54, 1.807) is 0 Å². The van der Waals surface area contributed by atoms with Crippen LogP contribution in [0.3, 0.4) is 0 Å². The first-order valence-corrected chi connectivity index (χ1v) is 6.96. The minimum Gasteiger partial charge on any atom is -0.306 e. The molecule has 1 atom stereocenters. The molecule has 0 aromatic heterocycles. The van der Waals surface area contributed by atoms with Gasteiger partial charge in [-0.15, -0.1) is 0 Å². The third-order valence-electron chi connectivity index (χ3n) is 2.97. The molecule has 0 amide bonds. The Hall–Kier alpha value is -1.33. The summed E-state index contributed by atoms with van der Waals surface area (Å²) in [6.07, 6.45) is 0. The lowest BCUT2D eigenvalue weighted by atomic mass is 9.97. The van der Waals surface area contributed by atoms with Crippen molar-refractivity contribution in [1.29, 1.82) is 0 Å². The van der Waals surface area contributed by atoms with Crippen molar-refractivity contribution in [3.05, 3.63) is 69.4 Å². The van der Waals surface area contributed by atoms with E-state index in [4.69, 9.17) is 0 Å². The fraction of sp³-hybridized carbons (Fsp3) is 0.200. The van der Waals surface area contributed by atoms with Gasteiger partial charge in [0.05, 0.1) is 10.5 Å². The summed E-state index contributed by atoms with van der Waals surface area (Å²) in [6.45, 7) is 2.36. The molecular weight excluding hydrogens is 331 g/mol. The zero-order chi connectivity index (χ0) is 14.7. The second-order valence-corrected chi connectivity index (χ2v) is 5.15. The Labute approximate surface area is 123 Å². The van der Waals surface area contributed by atoms with Crippen LogP contribution in [-0.4, -0.2) is 6.54 Å². The summed E-state index contributed by atoms with van der Waals surface area (Å²) < 4.78 is 41.4. The van der Waals surface area contributed by atoms with Crippen LogP contribution in [-0.2, 0) is 0 Å². The van der Waals surface area contributed by atoms with Crippen LogP contribution in [0.15, 0.2) is 40.9 Å². The van der Waals surface area contributed by atoms with Crippen LogP contribution in [0.2, 0.25) is 0 Å². The van der Waals surface area contributed by atoms with Gasteiger partial charge >= 0.3 is 0 Å². The number of halogens is 4. The van der Waals surface area contributed by atoms with Gasteiger partial charge in [0, 0.05) is 5.56 Å². The molecule has 2 aromatic carbocycles. The van der Waals surface area contributed by atoms with E-state index in [2.05, 4.69) is 21.2 Å². The maximum atomic E-state index is 13.9. The smallest absolute Gasteiger partial charge is 0.137 e. The molecule has 2 aromatic rings. The molecule has 0 saturated carbocycles. The van der Waals surface area contributed by atoms with Crippen LogP contribution in [0, 0.1) is 17.5 Å². The van der Waals surface area contributed by atoms with E-state index in [-0.39, 0.29) is 10.0 Å². The van der Waals surface area contributed by atoms with E-state index in [1.165, 1.54) is 36.4 Å². The van der Waals surface area contributed by atoms with E-state index in [9.17, 15) is 13.2 Å². The number of nitrogens with one attached hydrogen (secondary N) is 1. The maximum Gasteiger partial charge on any atom is 0.137 e. The molecule has 1 N–H and O–H groups in total. The normalized spacial score (nSPS) is 12.4. The summed E-state index contributed by atoms with van der Waals surface area (Å²) in [5, 5.41) is 3.02. The van der Waals surface area contributed by atoms with Gasteiger partial charge in [0.25, 0.3) is 0 Å². The van der Waals surface area contributed by atoms with Crippen LogP contribution in [0.1, 0.15) is 24.1 Å². The van der Waals surface area contributed by atoms with E-state index in [1.807, 2.05) is 6.92 Å². The third kappa shape index (κ3) is 3.04. The number of hydrogen-bond acceptors (Lipinski definition) is 1. The molecule has 0 fully saturated rings. The Morgan fingerprint density at radius 1 is 1.05 bits per heavy atom. The second-order valence-electron chi connectivity index (χ2n) is 4.30. The molecule has 1 nitrogen and oxygen atoms in total. The SMILES string of the molecule is CCNC(c1ccc(F)c(Br)c1)c1c(F)cccc1F. The first-order valence-electron chi connectivity index (χ1n) is 6.16. The van der Waals surface area contributed by atoms with Crippen LogP contribution in [0.5, 0.6) is 0 Å². The molecule has 2 rings (SSSR count). The number of benzene rings is 2. The molecule has 0 bridgehead atoms. The molecule has 106 valence electrons. The molecule has 0 heterocycles. The lowest BCUT2D eigenvalue weighted by molar-refractivity contribution is 0.509. The van der Waals surface area contributed by atoms with Crippen molar-refractivity contribution >= 4 is 15.9 Å². The fourth-order valence-corrected chi connectivity index (χ4v) is 2.47. The molecule has 0 radical (unpaired) electrons. The summed E-state index contributed by atoms with van der Waals surface area (Å²) in [5.41, 5.74) is 0.525. The number of hydrogen-bond donors (Lipinski definition) is 1. The highest BCUT2D eigenvalue weighted by molar-refractivity contribution is 9.10. The van der Waals surface area contributed by atoms with E-state index in [0.29, 0.717) is 12.1 Å². The maximum absolute atomic E-state index is 13.9. The molecule has 0 spiro atoms. The van der Waals surface area contributed by atoms with Gasteiger partial charge in [0.2, 0.25) is 0 Å². The van der Waals surface area contributed by atoms with Crippen LogP contribution < -0.4 is 5.32 Å². The van der Waals surface area contributed by atoms with Gasteiger partial charge in [0.15, 0.2) is 0 Å². The van der Waals surface area contributed by atoms with Gasteiger partial charge in [-0.25, -0.2) is 13.2 Å². The lowest BCUT2D eigenvalue weighted by Gasteiger charge is -2.20. The van der Waals surface area contributed by atoms with Gasteiger partial charge in [-0.3, -0.25) is 0 Å². The predicted octanol–water partition coefficient (Wildman–Crippen LogP) is 4.57. The summed E-state index contributed by atoms with van der Waals surface area (Å²) >= 11 is 3.08.